The normalized spacial score (nSPS) is 11.7. The van der Waals surface area contributed by atoms with Gasteiger partial charge in [-0.25, -0.2) is 0 Å². The molecule has 1 heteroatoms. The smallest absolute Gasteiger partial charge is 0.0782 e. The third-order valence-electron chi connectivity index (χ3n) is 8.84. The second kappa shape index (κ2) is 32.0. The van der Waals surface area contributed by atoms with Crippen molar-refractivity contribution in [2.24, 2.45) is 0 Å². The molecule has 0 aromatic heterocycles. The van der Waals surface area contributed by atoms with E-state index in [2.05, 4.69) is 39.4 Å². The molecule has 0 aliphatic rings. The van der Waals surface area contributed by atoms with Crippen LogP contribution in [0.3, 0.4) is 0 Å². The van der Waals surface area contributed by atoms with E-state index in [-0.39, 0.29) is 0 Å². The Labute approximate surface area is 249 Å². The van der Waals surface area contributed by atoms with Crippen LogP contribution in [-0.2, 0) is 0 Å². The van der Waals surface area contributed by atoms with Crippen LogP contribution in [0, 0.1) is 0 Å². The van der Waals surface area contributed by atoms with Gasteiger partial charge in [-0.3, -0.25) is 0 Å². The van der Waals surface area contributed by atoms with Gasteiger partial charge in [0.1, 0.15) is 0 Å². The summed E-state index contributed by atoms with van der Waals surface area (Å²) in [6, 6.07) is 0. The van der Waals surface area contributed by atoms with Crippen molar-refractivity contribution in [2.45, 2.75) is 193 Å². The molecule has 0 fully saturated rings. The zero-order valence-electron chi connectivity index (χ0n) is 27.6. The quantitative estimate of drug-likeness (QED) is 0.0427. The van der Waals surface area contributed by atoms with Gasteiger partial charge in [-0.15, -0.1) is 13.2 Å². The molecule has 0 spiro atoms. The summed E-state index contributed by atoms with van der Waals surface area (Å²) in [4.78, 5) is 0. The van der Waals surface area contributed by atoms with Crippen molar-refractivity contribution in [2.75, 3.05) is 27.2 Å². The maximum absolute atomic E-state index is 3.81. The predicted molar refractivity (Wildman–Crippen MR) is 181 cm³/mol. The highest BCUT2D eigenvalue weighted by atomic mass is 15.3. The van der Waals surface area contributed by atoms with E-state index >= 15 is 0 Å². The lowest BCUT2D eigenvalue weighted by Crippen LogP contribution is -2.41. The highest BCUT2D eigenvalue weighted by Gasteiger charge is 2.13. The second-order valence-electron chi connectivity index (χ2n) is 13.4. The SMILES string of the molecule is C=CCCCCCCCCCCCCCCCC[N+](C)(C)CCCCCCCCCCCCCCCCC=C. The van der Waals surface area contributed by atoms with Gasteiger partial charge in [-0.1, -0.05) is 153 Å². The lowest BCUT2D eigenvalue weighted by atomic mass is 10.0. The van der Waals surface area contributed by atoms with Crippen molar-refractivity contribution < 1.29 is 4.48 Å². The van der Waals surface area contributed by atoms with Gasteiger partial charge < -0.3 is 4.48 Å². The Hall–Kier alpha value is -0.560. The third kappa shape index (κ3) is 33.5. The summed E-state index contributed by atoms with van der Waals surface area (Å²) in [5.41, 5.74) is 0. The van der Waals surface area contributed by atoms with Crippen LogP contribution in [-0.4, -0.2) is 31.7 Å². The Morgan fingerprint density at radius 2 is 0.487 bits per heavy atom. The fraction of sp³-hybridized carbons (Fsp3) is 0.895. The summed E-state index contributed by atoms with van der Waals surface area (Å²) in [6.45, 7) is 10.4. The van der Waals surface area contributed by atoms with E-state index in [1.807, 2.05) is 0 Å². The van der Waals surface area contributed by atoms with Gasteiger partial charge >= 0.3 is 0 Å². The fourth-order valence-corrected chi connectivity index (χ4v) is 6.01. The van der Waals surface area contributed by atoms with Gasteiger partial charge in [-0.2, -0.15) is 0 Å². The zero-order valence-corrected chi connectivity index (χ0v) is 27.6. The maximum atomic E-state index is 3.81. The molecule has 0 heterocycles. The van der Waals surface area contributed by atoms with Gasteiger partial charge in [0.15, 0.2) is 0 Å². The van der Waals surface area contributed by atoms with Gasteiger partial charge in [0.05, 0.1) is 27.2 Å². The van der Waals surface area contributed by atoms with Crippen LogP contribution in [0.25, 0.3) is 0 Å². The van der Waals surface area contributed by atoms with E-state index in [1.54, 1.807) is 0 Å². The van der Waals surface area contributed by atoms with E-state index in [0.717, 1.165) is 0 Å². The van der Waals surface area contributed by atoms with Gasteiger partial charge in [0, 0.05) is 0 Å². The first-order chi connectivity index (χ1) is 19.1. The second-order valence-corrected chi connectivity index (χ2v) is 13.4. The molecule has 0 aliphatic carbocycles. The first-order valence-electron chi connectivity index (χ1n) is 18.2. The first-order valence-corrected chi connectivity index (χ1v) is 18.2. The molecule has 0 aromatic rings. The van der Waals surface area contributed by atoms with Crippen LogP contribution >= 0.6 is 0 Å². The number of nitrogens with zero attached hydrogens (tertiary/aromatic N) is 1. The summed E-state index contributed by atoms with van der Waals surface area (Å²) in [7, 11) is 4.92. The predicted octanol–water partition coefficient (Wildman–Crippen LogP) is 13.1. The van der Waals surface area contributed by atoms with Crippen molar-refractivity contribution >= 4 is 0 Å². The standard InChI is InChI=1S/C38H76N/c1-5-7-9-11-13-15-17-19-21-23-25-27-29-31-33-35-37-39(3,4)38-36-34-32-30-28-26-24-22-20-18-16-14-12-10-8-6-2/h5-6H,1-2,7-38H2,3-4H3/q+1. The van der Waals surface area contributed by atoms with Crippen molar-refractivity contribution in [1.29, 1.82) is 0 Å². The molecule has 1 nitrogen and oxygen atoms in total. The Bertz CT molecular complexity index is 437. The van der Waals surface area contributed by atoms with Crippen LogP contribution in [0.2, 0.25) is 0 Å². The van der Waals surface area contributed by atoms with Gasteiger partial charge in [-0.05, 0) is 51.4 Å². The van der Waals surface area contributed by atoms with E-state index in [1.165, 1.54) is 210 Å². The van der Waals surface area contributed by atoms with E-state index in [9.17, 15) is 0 Å². The molecule has 0 bridgehead atoms. The molecule has 0 saturated heterocycles. The van der Waals surface area contributed by atoms with Crippen LogP contribution < -0.4 is 0 Å². The van der Waals surface area contributed by atoms with Gasteiger partial charge in [0.25, 0.3) is 0 Å². The van der Waals surface area contributed by atoms with Crippen molar-refractivity contribution in [3.8, 4) is 0 Å². The van der Waals surface area contributed by atoms with Crippen molar-refractivity contribution in [3.05, 3.63) is 25.3 Å². The number of hydrogen-bond acceptors (Lipinski definition) is 0. The lowest BCUT2D eigenvalue weighted by molar-refractivity contribution is -0.890. The Morgan fingerprint density at radius 3 is 0.692 bits per heavy atom. The minimum atomic E-state index is 1.20. The molecule has 39 heavy (non-hydrogen) atoms. The molecule has 0 amide bonds. The fourth-order valence-electron chi connectivity index (χ4n) is 6.01. The first kappa shape index (κ1) is 38.4. The summed E-state index contributed by atoms with van der Waals surface area (Å²) < 4.78 is 1.24. The Morgan fingerprint density at radius 1 is 0.308 bits per heavy atom. The average Bonchev–Trinajstić information content (AvgIpc) is 2.92. The Balaban J connectivity index is 3.27. The number of unbranched alkanes of at least 4 members (excludes halogenated alkanes) is 28. The molecule has 0 aromatic carbocycles. The van der Waals surface area contributed by atoms with Crippen LogP contribution in [0.5, 0.6) is 0 Å². The van der Waals surface area contributed by atoms with Crippen LogP contribution in [0.15, 0.2) is 25.3 Å². The summed E-state index contributed by atoms with van der Waals surface area (Å²) in [6.07, 6.45) is 47.0. The number of hydrogen-bond donors (Lipinski definition) is 0. The van der Waals surface area contributed by atoms with Gasteiger partial charge in [0.2, 0.25) is 0 Å². The molecular weight excluding hydrogens is 470 g/mol. The lowest BCUT2D eigenvalue weighted by Gasteiger charge is -2.30. The van der Waals surface area contributed by atoms with E-state index in [0.29, 0.717) is 0 Å². The highest BCUT2D eigenvalue weighted by molar-refractivity contribution is 4.66. The molecule has 0 atom stereocenters. The monoisotopic (exact) mass is 547 g/mol. The maximum Gasteiger partial charge on any atom is 0.0782 e. The molecule has 0 rings (SSSR count). The Kier molecular flexibility index (Phi) is 31.5. The molecule has 0 unspecified atom stereocenters. The van der Waals surface area contributed by atoms with E-state index in [4.69, 9.17) is 0 Å². The minimum absolute atomic E-state index is 1.20. The van der Waals surface area contributed by atoms with Crippen LogP contribution in [0.1, 0.15) is 193 Å². The van der Waals surface area contributed by atoms with Crippen molar-refractivity contribution in [3.63, 3.8) is 0 Å². The molecule has 232 valence electrons. The minimum Gasteiger partial charge on any atom is -0.328 e. The topological polar surface area (TPSA) is 0 Å². The summed E-state index contributed by atoms with van der Waals surface area (Å²) in [5, 5.41) is 0. The molecule has 0 radical (unpaired) electrons. The number of allylic oxidation sites excluding steroid dienone is 2. The zero-order chi connectivity index (χ0) is 28.5. The number of quaternary nitrogens is 1. The van der Waals surface area contributed by atoms with E-state index < -0.39 is 0 Å². The molecular formula is C38H76N+. The number of rotatable bonds is 34. The highest BCUT2D eigenvalue weighted by Crippen LogP contribution is 2.16. The third-order valence-corrected chi connectivity index (χ3v) is 8.84. The largest absolute Gasteiger partial charge is 0.328 e. The molecule has 0 aliphatic heterocycles. The summed E-state index contributed by atoms with van der Waals surface area (Å²) >= 11 is 0. The summed E-state index contributed by atoms with van der Waals surface area (Å²) in [5.74, 6) is 0. The van der Waals surface area contributed by atoms with Crippen LogP contribution in [0.4, 0.5) is 0 Å². The molecule has 0 N–H and O–H groups in total. The van der Waals surface area contributed by atoms with Crippen molar-refractivity contribution in [1.82, 2.24) is 0 Å². The molecule has 0 saturated carbocycles. The average molecular weight is 547 g/mol.